The van der Waals surface area contributed by atoms with E-state index in [-0.39, 0.29) is 6.42 Å². The normalized spacial score (nSPS) is 10.8. The van der Waals surface area contributed by atoms with Crippen LogP contribution in [0, 0.1) is 0 Å². The van der Waals surface area contributed by atoms with Gasteiger partial charge in [0.2, 0.25) is 0 Å². The molecule has 0 aliphatic rings. The smallest absolute Gasteiger partial charge is 0.307 e. The summed E-state index contributed by atoms with van der Waals surface area (Å²) in [5.74, 6) is 0.193. The number of carboxylic acid groups (broad SMARTS) is 1. The van der Waals surface area contributed by atoms with Gasteiger partial charge >= 0.3 is 5.97 Å². The highest BCUT2D eigenvalue weighted by Gasteiger charge is 2.13. The van der Waals surface area contributed by atoms with E-state index in [1.165, 1.54) is 11.1 Å². The first-order valence-electron chi connectivity index (χ1n) is 9.96. The van der Waals surface area contributed by atoms with E-state index in [1.54, 1.807) is 12.1 Å². The number of carboxylic acids is 1. The van der Waals surface area contributed by atoms with Crippen LogP contribution in [0.25, 0.3) is 0 Å². The molecule has 150 valence electrons. The number of carbonyl (C=O) groups is 1. The molecule has 3 aromatic rings. The second-order valence-electron chi connectivity index (χ2n) is 7.00. The summed E-state index contributed by atoms with van der Waals surface area (Å²) in [6.07, 6.45) is 0.887. The molecule has 0 amide bonds. The number of ether oxygens (including phenoxy) is 1. The highest BCUT2D eigenvalue weighted by Crippen LogP contribution is 2.23. The van der Waals surface area contributed by atoms with Gasteiger partial charge in [-0.25, -0.2) is 0 Å². The van der Waals surface area contributed by atoms with E-state index in [2.05, 4.69) is 53.8 Å². The lowest BCUT2D eigenvalue weighted by Gasteiger charge is -2.19. The molecule has 4 heteroatoms. The van der Waals surface area contributed by atoms with Crippen molar-refractivity contribution in [1.82, 2.24) is 5.32 Å². The molecule has 0 bridgehead atoms. The van der Waals surface area contributed by atoms with Crippen molar-refractivity contribution in [3.63, 3.8) is 0 Å². The first-order chi connectivity index (χ1) is 14.2. The molecule has 2 N–H and O–H groups in total. The van der Waals surface area contributed by atoms with Gasteiger partial charge in [0.1, 0.15) is 5.75 Å². The minimum absolute atomic E-state index is 0.0130. The van der Waals surface area contributed by atoms with Crippen molar-refractivity contribution in [2.24, 2.45) is 0 Å². The lowest BCUT2D eigenvalue weighted by molar-refractivity contribution is -0.136. The van der Waals surface area contributed by atoms with Crippen molar-refractivity contribution >= 4 is 5.97 Å². The van der Waals surface area contributed by atoms with Crippen LogP contribution in [0.4, 0.5) is 0 Å². The first kappa shape index (κ1) is 20.6. The fraction of sp³-hybridized carbons (Fsp3) is 0.240. The van der Waals surface area contributed by atoms with Crippen molar-refractivity contribution in [1.29, 1.82) is 0 Å². The third-order valence-corrected chi connectivity index (χ3v) is 4.77. The Balaban J connectivity index is 1.45. The van der Waals surface area contributed by atoms with Gasteiger partial charge in [0, 0.05) is 12.5 Å². The molecule has 4 nitrogen and oxygen atoms in total. The Morgan fingerprint density at radius 2 is 1.55 bits per heavy atom. The number of hydrogen-bond donors (Lipinski definition) is 2. The molecule has 0 unspecified atom stereocenters. The Bertz CT molecular complexity index is 841. The van der Waals surface area contributed by atoms with Crippen LogP contribution in [0.15, 0.2) is 84.9 Å². The zero-order valence-electron chi connectivity index (χ0n) is 16.5. The van der Waals surface area contributed by atoms with Crippen LogP contribution >= 0.6 is 0 Å². The van der Waals surface area contributed by atoms with E-state index in [4.69, 9.17) is 9.84 Å². The maximum absolute atomic E-state index is 10.8. The Hall–Kier alpha value is -3.11. The third kappa shape index (κ3) is 6.77. The van der Waals surface area contributed by atoms with Gasteiger partial charge in [-0.3, -0.25) is 4.79 Å². The maximum Gasteiger partial charge on any atom is 0.307 e. The molecular weight excluding hydrogens is 362 g/mol. The van der Waals surface area contributed by atoms with E-state index in [0.717, 1.165) is 30.8 Å². The van der Waals surface area contributed by atoms with Crippen LogP contribution in [-0.4, -0.2) is 30.8 Å². The van der Waals surface area contributed by atoms with Crippen molar-refractivity contribution in [3.05, 3.63) is 102 Å². The molecule has 0 radical (unpaired) electrons. The van der Waals surface area contributed by atoms with E-state index in [9.17, 15) is 4.79 Å². The summed E-state index contributed by atoms with van der Waals surface area (Å²) in [6, 6.07) is 28.4. The molecule has 0 saturated carbocycles. The van der Waals surface area contributed by atoms with Crippen molar-refractivity contribution in [3.8, 4) is 5.75 Å². The average Bonchev–Trinajstić information content (AvgIpc) is 2.74. The molecular formula is C25H27NO3. The lowest BCUT2D eigenvalue weighted by Crippen LogP contribution is -2.24. The predicted octanol–water partition coefficient (Wildman–Crippen LogP) is 4.50. The Labute approximate surface area is 172 Å². The molecule has 0 atom stereocenters. The van der Waals surface area contributed by atoms with E-state index in [0.29, 0.717) is 12.5 Å². The van der Waals surface area contributed by atoms with Crippen LogP contribution in [0.1, 0.15) is 29.0 Å². The van der Waals surface area contributed by atoms with Gasteiger partial charge in [-0.1, -0.05) is 72.8 Å². The van der Waals surface area contributed by atoms with Gasteiger partial charge in [0.05, 0.1) is 13.0 Å². The topological polar surface area (TPSA) is 58.6 Å². The fourth-order valence-corrected chi connectivity index (χ4v) is 3.35. The largest absolute Gasteiger partial charge is 0.494 e. The summed E-state index contributed by atoms with van der Waals surface area (Å²) in [5, 5.41) is 12.4. The van der Waals surface area contributed by atoms with Crippen LogP contribution in [0.5, 0.6) is 5.75 Å². The van der Waals surface area contributed by atoms with Crippen molar-refractivity contribution in [2.75, 3.05) is 19.7 Å². The zero-order valence-corrected chi connectivity index (χ0v) is 16.5. The maximum atomic E-state index is 10.8. The van der Waals surface area contributed by atoms with Crippen molar-refractivity contribution < 1.29 is 14.6 Å². The average molecular weight is 389 g/mol. The third-order valence-electron chi connectivity index (χ3n) is 4.77. The quantitative estimate of drug-likeness (QED) is 0.474. The molecule has 3 rings (SSSR count). The second kappa shape index (κ2) is 11.0. The number of rotatable bonds is 11. The summed E-state index contributed by atoms with van der Waals surface area (Å²) in [6.45, 7) is 2.30. The minimum Gasteiger partial charge on any atom is -0.494 e. The van der Waals surface area contributed by atoms with Gasteiger partial charge in [-0.05, 0) is 41.8 Å². The van der Waals surface area contributed by atoms with Gasteiger partial charge in [-0.2, -0.15) is 0 Å². The van der Waals surface area contributed by atoms with Crippen LogP contribution in [-0.2, 0) is 11.2 Å². The first-order valence-corrected chi connectivity index (χ1v) is 9.96. The number of nitrogens with one attached hydrogen (secondary N) is 1. The molecule has 0 aromatic heterocycles. The Morgan fingerprint density at radius 1 is 0.897 bits per heavy atom. The summed E-state index contributed by atoms with van der Waals surface area (Å²) in [5.41, 5.74) is 3.36. The molecule has 0 aliphatic heterocycles. The van der Waals surface area contributed by atoms with Crippen LogP contribution in [0.2, 0.25) is 0 Å². The van der Waals surface area contributed by atoms with Gasteiger partial charge in [0.25, 0.3) is 0 Å². The summed E-state index contributed by atoms with van der Waals surface area (Å²) < 4.78 is 5.77. The van der Waals surface area contributed by atoms with E-state index in [1.807, 2.05) is 24.3 Å². The molecule has 0 spiro atoms. The molecule has 0 saturated heterocycles. The Kier molecular flexibility index (Phi) is 7.84. The molecule has 0 heterocycles. The monoisotopic (exact) mass is 389 g/mol. The number of hydrogen-bond acceptors (Lipinski definition) is 3. The molecule has 0 fully saturated rings. The van der Waals surface area contributed by atoms with Crippen LogP contribution in [0.3, 0.4) is 0 Å². The molecule has 3 aromatic carbocycles. The second-order valence-corrected chi connectivity index (χ2v) is 7.00. The molecule has 29 heavy (non-hydrogen) atoms. The highest BCUT2D eigenvalue weighted by molar-refractivity contribution is 5.70. The SMILES string of the molecule is O=C(O)Cc1cccc(OCCCNCC(c2ccccc2)c2ccccc2)c1. The number of aliphatic carboxylic acids is 1. The van der Waals surface area contributed by atoms with E-state index >= 15 is 0 Å². The Morgan fingerprint density at radius 3 is 2.17 bits per heavy atom. The number of benzene rings is 3. The van der Waals surface area contributed by atoms with Gasteiger partial charge < -0.3 is 15.2 Å². The van der Waals surface area contributed by atoms with E-state index < -0.39 is 5.97 Å². The highest BCUT2D eigenvalue weighted by atomic mass is 16.5. The standard InChI is InChI=1S/C25H27NO3/c27-25(28)18-20-9-7-14-23(17-20)29-16-8-15-26-19-24(21-10-3-1-4-11-21)22-12-5-2-6-13-22/h1-7,9-14,17,24,26H,8,15-16,18-19H2,(H,27,28). The summed E-state index contributed by atoms with van der Waals surface area (Å²) >= 11 is 0. The van der Waals surface area contributed by atoms with Gasteiger partial charge in [0.15, 0.2) is 0 Å². The zero-order chi connectivity index (χ0) is 20.3. The van der Waals surface area contributed by atoms with Crippen LogP contribution < -0.4 is 10.1 Å². The minimum atomic E-state index is -0.835. The lowest BCUT2D eigenvalue weighted by atomic mass is 9.91. The van der Waals surface area contributed by atoms with Crippen molar-refractivity contribution in [2.45, 2.75) is 18.8 Å². The van der Waals surface area contributed by atoms with Gasteiger partial charge in [-0.15, -0.1) is 0 Å². The molecule has 0 aliphatic carbocycles. The predicted molar refractivity (Wildman–Crippen MR) is 115 cm³/mol. The summed E-state index contributed by atoms with van der Waals surface area (Å²) in [7, 11) is 0. The fourth-order valence-electron chi connectivity index (χ4n) is 3.35. The summed E-state index contributed by atoms with van der Waals surface area (Å²) in [4.78, 5) is 10.8.